The number of ether oxygens (including phenoxy) is 1. The molecule has 0 N–H and O–H groups in total. The Labute approximate surface area is 166 Å². The van der Waals surface area contributed by atoms with E-state index in [1.807, 2.05) is 32.3 Å². The normalized spacial score (nSPS) is 11.2. The van der Waals surface area contributed by atoms with Crippen LogP contribution in [-0.4, -0.2) is 29.8 Å². The Morgan fingerprint density at radius 2 is 1.54 bits per heavy atom. The largest absolute Gasteiger partial charge is 0.491 e. The molecule has 4 rings (SSSR count). The number of rotatable bonds is 5. The second-order valence-electron chi connectivity index (χ2n) is 7.42. The summed E-state index contributed by atoms with van der Waals surface area (Å²) in [7, 11) is 4.11. The molecular formula is C24H25N3O. The number of anilines is 1. The molecule has 28 heavy (non-hydrogen) atoms. The van der Waals surface area contributed by atoms with Crippen LogP contribution in [0.1, 0.15) is 13.8 Å². The second kappa shape index (κ2) is 7.39. The first-order chi connectivity index (χ1) is 13.5. The summed E-state index contributed by atoms with van der Waals surface area (Å²) in [5.74, 6) is 0.879. The third kappa shape index (κ3) is 3.58. The van der Waals surface area contributed by atoms with E-state index in [4.69, 9.17) is 4.74 Å². The van der Waals surface area contributed by atoms with Crippen LogP contribution in [0, 0.1) is 0 Å². The molecule has 0 aliphatic heterocycles. The summed E-state index contributed by atoms with van der Waals surface area (Å²) < 4.78 is 7.87. The zero-order chi connectivity index (χ0) is 19.7. The fourth-order valence-corrected chi connectivity index (χ4v) is 3.30. The van der Waals surface area contributed by atoms with E-state index in [1.54, 1.807) is 0 Å². The van der Waals surface area contributed by atoms with Crippen molar-refractivity contribution in [2.75, 3.05) is 19.0 Å². The third-order valence-electron chi connectivity index (χ3n) is 4.75. The molecule has 3 aromatic carbocycles. The van der Waals surface area contributed by atoms with E-state index in [2.05, 4.69) is 83.1 Å². The lowest BCUT2D eigenvalue weighted by Gasteiger charge is -2.13. The summed E-state index contributed by atoms with van der Waals surface area (Å²) in [6.07, 6.45) is 2.04. The first-order valence-corrected chi connectivity index (χ1v) is 9.53. The Kier molecular flexibility index (Phi) is 4.78. The van der Waals surface area contributed by atoms with Gasteiger partial charge in [0.15, 0.2) is 0 Å². The van der Waals surface area contributed by atoms with E-state index in [-0.39, 0.29) is 6.10 Å². The molecule has 0 atom stereocenters. The second-order valence-corrected chi connectivity index (χ2v) is 7.42. The topological polar surface area (TPSA) is 30.3 Å². The maximum Gasteiger partial charge on any atom is 0.119 e. The predicted octanol–water partition coefficient (Wildman–Crippen LogP) is 5.55. The van der Waals surface area contributed by atoms with Gasteiger partial charge in [-0.1, -0.05) is 18.2 Å². The van der Waals surface area contributed by atoms with Gasteiger partial charge in [0, 0.05) is 25.5 Å². The first kappa shape index (κ1) is 18.1. The molecule has 4 nitrogen and oxygen atoms in total. The molecule has 0 aliphatic carbocycles. The number of fused-ring (bicyclic) bond motifs is 1. The van der Waals surface area contributed by atoms with Crippen LogP contribution < -0.4 is 9.64 Å². The van der Waals surface area contributed by atoms with E-state index in [9.17, 15) is 0 Å². The summed E-state index contributed by atoms with van der Waals surface area (Å²) >= 11 is 0. The van der Waals surface area contributed by atoms with Crippen molar-refractivity contribution in [1.29, 1.82) is 0 Å². The lowest BCUT2D eigenvalue weighted by atomic mass is 10.0. The van der Waals surface area contributed by atoms with E-state index in [0.29, 0.717) is 0 Å². The van der Waals surface area contributed by atoms with Crippen LogP contribution in [-0.2, 0) is 0 Å². The van der Waals surface area contributed by atoms with Crippen molar-refractivity contribution in [3.63, 3.8) is 0 Å². The summed E-state index contributed by atoms with van der Waals surface area (Å²) in [4.78, 5) is 6.67. The third-order valence-corrected chi connectivity index (χ3v) is 4.75. The van der Waals surface area contributed by atoms with E-state index >= 15 is 0 Å². The van der Waals surface area contributed by atoms with Crippen LogP contribution in [0.5, 0.6) is 5.75 Å². The van der Waals surface area contributed by atoms with Crippen molar-refractivity contribution in [2.24, 2.45) is 0 Å². The van der Waals surface area contributed by atoms with Crippen LogP contribution in [0.4, 0.5) is 5.69 Å². The van der Waals surface area contributed by atoms with Crippen LogP contribution >= 0.6 is 0 Å². The Morgan fingerprint density at radius 3 is 2.18 bits per heavy atom. The maximum absolute atomic E-state index is 5.75. The Balaban J connectivity index is 1.70. The molecule has 1 heterocycles. The van der Waals surface area contributed by atoms with Gasteiger partial charge in [0.1, 0.15) is 12.1 Å². The van der Waals surface area contributed by atoms with Gasteiger partial charge in [-0.25, -0.2) is 4.98 Å². The molecule has 0 aliphatic rings. The Hall–Kier alpha value is -3.27. The highest BCUT2D eigenvalue weighted by Gasteiger charge is 2.08. The van der Waals surface area contributed by atoms with Gasteiger partial charge >= 0.3 is 0 Å². The highest BCUT2D eigenvalue weighted by atomic mass is 16.5. The van der Waals surface area contributed by atoms with Gasteiger partial charge in [-0.2, -0.15) is 0 Å². The Morgan fingerprint density at radius 1 is 0.857 bits per heavy atom. The average molecular weight is 371 g/mol. The number of hydrogen-bond donors (Lipinski definition) is 0. The van der Waals surface area contributed by atoms with Crippen LogP contribution in [0.2, 0.25) is 0 Å². The summed E-state index contributed by atoms with van der Waals surface area (Å²) in [6.45, 7) is 4.06. The fraction of sp³-hybridized carbons (Fsp3) is 0.208. The molecule has 0 spiro atoms. The smallest absolute Gasteiger partial charge is 0.119 e. The minimum Gasteiger partial charge on any atom is -0.491 e. The molecule has 0 fully saturated rings. The number of benzene rings is 3. The Bertz CT molecular complexity index is 1080. The predicted molar refractivity (Wildman–Crippen MR) is 117 cm³/mol. The van der Waals surface area contributed by atoms with Gasteiger partial charge < -0.3 is 9.64 Å². The van der Waals surface area contributed by atoms with Crippen LogP contribution in [0.3, 0.4) is 0 Å². The van der Waals surface area contributed by atoms with Gasteiger partial charge in [-0.3, -0.25) is 4.57 Å². The molecule has 0 unspecified atom stereocenters. The fourth-order valence-electron chi connectivity index (χ4n) is 3.30. The van der Waals surface area contributed by atoms with Gasteiger partial charge in [-0.15, -0.1) is 0 Å². The molecule has 0 bridgehead atoms. The summed E-state index contributed by atoms with van der Waals surface area (Å²) in [5, 5.41) is 0. The quantitative estimate of drug-likeness (QED) is 0.461. The van der Waals surface area contributed by atoms with Crippen molar-refractivity contribution in [1.82, 2.24) is 9.55 Å². The molecule has 0 saturated heterocycles. The molecule has 0 amide bonds. The molecule has 142 valence electrons. The number of aromatic nitrogens is 2. The number of imidazole rings is 1. The lowest BCUT2D eigenvalue weighted by molar-refractivity contribution is 0.242. The van der Waals surface area contributed by atoms with Gasteiger partial charge in [0.25, 0.3) is 0 Å². The van der Waals surface area contributed by atoms with E-state index in [1.165, 1.54) is 16.8 Å². The minimum atomic E-state index is 0.168. The first-order valence-electron chi connectivity index (χ1n) is 9.53. The lowest BCUT2D eigenvalue weighted by Crippen LogP contribution is -2.07. The van der Waals surface area contributed by atoms with Crippen molar-refractivity contribution in [3.05, 3.63) is 73.1 Å². The monoisotopic (exact) mass is 371 g/mol. The van der Waals surface area contributed by atoms with Gasteiger partial charge in [0.2, 0.25) is 0 Å². The van der Waals surface area contributed by atoms with E-state index < -0.39 is 0 Å². The van der Waals surface area contributed by atoms with Crippen molar-refractivity contribution in [3.8, 4) is 22.6 Å². The number of hydrogen-bond acceptors (Lipinski definition) is 3. The summed E-state index contributed by atoms with van der Waals surface area (Å²) in [6, 6.07) is 23.2. The molecular weight excluding hydrogens is 346 g/mol. The zero-order valence-corrected chi connectivity index (χ0v) is 16.8. The molecule has 0 radical (unpaired) electrons. The van der Waals surface area contributed by atoms with Crippen molar-refractivity contribution >= 4 is 16.7 Å². The maximum atomic E-state index is 5.75. The van der Waals surface area contributed by atoms with Crippen molar-refractivity contribution in [2.45, 2.75) is 20.0 Å². The highest BCUT2D eigenvalue weighted by Crippen LogP contribution is 2.28. The van der Waals surface area contributed by atoms with Crippen LogP contribution in [0.15, 0.2) is 73.1 Å². The molecule has 4 heteroatoms. The highest BCUT2D eigenvalue weighted by molar-refractivity contribution is 5.83. The van der Waals surface area contributed by atoms with Gasteiger partial charge in [-0.05, 0) is 73.5 Å². The minimum absolute atomic E-state index is 0.168. The van der Waals surface area contributed by atoms with Crippen LogP contribution in [0.25, 0.3) is 27.8 Å². The molecule has 0 saturated carbocycles. The van der Waals surface area contributed by atoms with Gasteiger partial charge in [0.05, 0.1) is 17.1 Å². The molecule has 1 aromatic heterocycles. The van der Waals surface area contributed by atoms with Crippen molar-refractivity contribution < 1.29 is 4.74 Å². The SMILES string of the molecule is CC(C)Oc1ccc(-n2cnc3ccc(-c4ccc(N(C)C)cc4)cc32)cc1. The standard InChI is InChI=1S/C24H25N3O/c1-17(2)28-22-12-10-21(11-13-22)27-16-25-23-14-7-19(15-24(23)27)18-5-8-20(9-6-18)26(3)4/h5-17H,1-4H3. The zero-order valence-electron chi connectivity index (χ0n) is 16.8. The average Bonchev–Trinajstić information content (AvgIpc) is 3.11. The summed E-state index contributed by atoms with van der Waals surface area (Å²) in [5.41, 5.74) is 6.71. The number of nitrogens with zero attached hydrogens (tertiary/aromatic N) is 3. The molecule has 4 aromatic rings. The van der Waals surface area contributed by atoms with E-state index in [0.717, 1.165) is 22.5 Å².